The van der Waals surface area contributed by atoms with Gasteiger partial charge in [-0.1, -0.05) is 41.5 Å². The van der Waals surface area contributed by atoms with Crippen LogP contribution in [0.1, 0.15) is 54.7 Å². The Bertz CT molecular complexity index is 913. The first kappa shape index (κ1) is 26.2. The topological polar surface area (TPSA) is 120 Å². The third-order valence-electron chi connectivity index (χ3n) is 6.16. The highest BCUT2D eigenvalue weighted by molar-refractivity contribution is 6.77. The van der Waals surface area contributed by atoms with Crippen LogP contribution in [0.4, 0.5) is 0 Å². The van der Waals surface area contributed by atoms with Crippen LogP contribution in [0.3, 0.4) is 0 Å². The smallest absolute Gasteiger partial charge is 0.330 e. The van der Waals surface area contributed by atoms with Crippen LogP contribution >= 0.6 is 0 Å². The highest BCUT2D eigenvalue weighted by atomic mass is 28.4. The number of carbonyl (C=O) groups excluding carboxylic acids is 1. The van der Waals surface area contributed by atoms with Crippen LogP contribution < -0.4 is 11.2 Å². The fourth-order valence-electron chi connectivity index (χ4n) is 4.85. The molecule has 0 saturated carbocycles. The van der Waals surface area contributed by atoms with Crippen molar-refractivity contribution in [1.29, 1.82) is 0 Å². The zero-order valence-electron chi connectivity index (χ0n) is 20.0. The number of H-pyrrole nitrogens is 1. The first-order chi connectivity index (χ1) is 14.9. The number of aliphatic hydroxyl groups is 1. The number of nitrogens with one attached hydrogen (secondary N) is 1. The third-order valence-corrected chi connectivity index (χ3v) is 12.2. The van der Waals surface area contributed by atoms with Gasteiger partial charge in [-0.25, -0.2) is 9.59 Å². The normalized spacial score (nSPS) is 23.0. The molecule has 3 atom stereocenters. The molecule has 1 aromatic heterocycles. The van der Waals surface area contributed by atoms with E-state index >= 15 is 0 Å². The van der Waals surface area contributed by atoms with Crippen molar-refractivity contribution in [3.8, 4) is 0 Å². The fourth-order valence-corrected chi connectivity index (χ4v) is 10.3. The van der Waals surface area contributed by atoms with Crippen molar-refractivity contribution >= 4 is 14.3 Å². The molecule has 32 heavy (non-hydrogen) atoms. The fraction of sp³-hybridized carbons (Fsp3) is 0.682. The van der Waals surface area contributed by atoms with Gasteiger partial charge in [0.1, 0.15) is 12.2 Å². The minimum atomic E-state index is -2.23. The van der Waals surface area contributed by atoms with E-state index < -0.39 is 44.0 Å². The Hall–Kier alpha value is -2.01. The lowest BCUT2D eigenvalue weighted by atomic mass is 10.1. The Morgan fingerprint density at radius 3 is 2.31 bits per heavy atom. The van der Waals surface area contributed by atoms with Gasteiger partial charge in [-0.2, -0.15) is 0 Å². The Morgan fingerprint density at radius 2 is 1.81 bits per heavy atom. The maximum Gasteiger partial charge on any atom is 0.330 e. The summed E-state index contributed by atoms with van der Waals surface area (Å²) >= 11 is 0. The molecule has 0 bridgehead atoms. The quantitative estimate of drug-likeness (QED) is 0.324. The lowest BCUT2D eigenvalue weighted by Gasteiger charge is -2.42. The number of carbonyl (C=O) groups is 1. The standard InChI is InChI=1S/C22H36N2O7Si/c1-8-29-19(26)11-16-20(27)17(12-30-32(13(2)3,14(4)5)15(6)7)31-21(16)24-10-9-18(25)23-22(24)28/h9-11,13-15,17,20-21,27H,8,12H2,1-7H3,(H,23,25,28)/b16-11-/t17-,20+,21-/m1/s1. The summed E-state index contributed by atoms with van der Waals surface area (Å²) in [5.41, 5.74) is -0.0600. The zero-order chi connectivity index (χ0) is 24.2. The third kappa shape index (κ3) is 5.30. The zero-order valence-corrected chi connectivity index (χ0v) is 21.0. The van der Waals surface area contributed by atoms with Crippen molar-refractivity contribution < 1.29 is 23.8 Å². The van der Waals surface area contributed by atoms with Gasteiger partial charge < -0.3 is 19.0 Å². The van der Waals surface area contributed by atoms with E-state index in [2.05, 4.69) is 46.5 Å². The number of esters is 1. The average molecular weight is 469 g/mol. The van der Waals surface area contributed by atoms with Gasteiger partial charge in [-0.15, -0.1) is 0 Å². The van der Waals surface area contributed by atoms with Crippen molar-refractivity contribution in [1.82, 2.24) is 9.55 Å². The molecule has 0 radical (unpaired) electrons. The number of aliphatic hydroxyl groups excluding tert-OH is 1. The maximum absolute atomic E-state index is 12.4. The Kier molecular flexibility index (Phi) is 8.80. The first-order valence-corrected chi connectivity index (χ1v) is 13.3. The molecule has 1 aliphatic heterocycles. The van der Waals surface area contributed by atoms with Gasteiger partial charge in [0, 0.05) is 23.9 Å². The minimum absolute atomic E-state index is 0.122. The second kappa shape index (κ2) is 10.7. The van der Waals surface area contributed by atoms with E-state index in [9.17, 15) is 19.5 Å². The van der Waals surface area contributed by atoms with Crippen LogP contribution in [-0.4, -0.2) is 54.4 Å². The lowest BCUT2D eigenvalue weighted by molar-refractivity contribution is -0.137. The summed E-state index contributed by atoms with van der Waals surface area (Å²) in [6.07, 6.45) is -0.616. The van der Waals surface area contributed by atoms with Crippen LogP contribution in [0.15, 0.2) is 33.5 Å². The number of hydrogen-bond donors (Lipinski definition) is 2. The van der Waals surface area contributed by atoms with E-state index in [1.807, 2.05) is 0 Å². The maximum atomic E-state index is 12.4. The van der Waals surface area contributed by atoms with Crippen molar-refractivity contribution in [3.63, 3.8) is 0 Å². The Balaban J connectivity index is 2.40. The SMILES string of the molecule is CCOC(=O)/C=C1\[C@H](n2ccc(=O)[nH]c2=O)O[C@H](CO[Si](C(C)C)(C(C)C)C(C)C)[C@H]1O. The van der Waals surface area contributed by atoms with E-state index in [-0.39, 0.29) is 18.8 Å². The van der Waals surface area contributed by atoms with Gasteiger partial charge in [0.05, 0.1) is 13.2 Å². The summed E-state index contributed by atoms with van der Waals surface area (Å²) in [6, 6.07) is 1.18. The van der Waals surface area contributed by atoms with E-state index in [0.29, 0.717) is 16.6 Å². The molecule has 0 unspecified atom stereocenters. The molecule has 0 aromatic carbocycles. The second-order valence-corrected chi connectivity index (χ2v) is 14.5. The Morgan fingerprint density at radius 1 is 1.22 bits per heavy atom. The molecule has 1 saturated heterocycles. The van der Waals surface area contributed by atoms with E-state index in [1.54, 1.807) is 6.92 Å². The molecule has 1 fully saturated rings. The molecule has 2 heterocycles. The van der Waals surface area contributed by atoms with Gasteiger partial charge in [0.25, 0.3) is 5.56 Å². The Labute approximate surface area is 189 Å². The summed E-state index contributed by atoms with van der Waals surface area (Å²) in [6.45, 7) is 14.9. The molecular formula is C22H36N2O7Si. The summed E-state index contributed by atoms with van der Waals surface area (Å²) in [5.74, 6) is -0.649. The summed E-state index contributed by atoms with van der Waals surface area (Å²) in [5, 5.41) is 11.0. The number of nitrogens with zero attached hydrogens (tertiary/aromatic N) is 1. The number of ether oxygens (including phenoxy) is 2. The van der Waals surface area contributed by atoms with Crippen molar-refractivity contribution in [2.24, 2.45) is 0 Å². The van der Waals surface area contributed by atoms with Crippen LogP contribution in [0.25, 0.3) is 0 Å². The predicted molar refractivity (Wildman–Crippen MR) is 123 cm³/mol. The largest absolute Gasteiger partial charge is 0.463 e. The molecule has 1 aromatic rings. The molecular weight excluding hydrogens is 432 g/mol. The van der Waals surface area contributed by atoms with E-state index in [0.717, 1.165) is 10.6 Å². The van der Waals surface area contributed by atoms with Crippen molar-refractivity contribution in [2.75, 3.05) is 13.2 Å². The molecule has 0 amide bonds. The van der Waals surface area contributed by atoms with Gasteiger partial charge in [0.2, 0.25) is 0 Å². The second-order valence-electron chi connectivity index (χ2n) is 9.01. The van der Waals surface area contributed by atoms with Crippen LogP contribution in [0.2, 0.25) is 16.6 Å². The number of hydrogen-bond acceptors (Lipinski definition) is 7. The summed E-state index contributed by atoms with van der Waals surface area (Å²) < 4.78 is 18.7. The van der Waals surface area contributed by atoms with E-state index in [4.69, 9.17) is 13.9 Å². The number of aromatic amines is 1. The monoisotopic (exact) mass is 468 g/mol. The van der Waals surface area contributed by atoms with Crippen LogP contribution in [0, 0.1) is 0 Å². The average Bonchev–Trinajstić information content (AvgIpc) is 2.97. The highest BCUT2D eigenvalue weighted by Crippen LogP contribution is 2.43. The van der Waals surface area contributed by atoms with E-state index in [1.165, 1.54) is 12.3 Å². The summed E-state index contributed by atoms with van der Waals surface area (Å²) in [4.78, 5) is 38.1. The predicted octanol–water partition coefficient (Wildman–Crippen LogP) is 2.48. The molecule has 9 nitrogen and oxygen atoms in total. The number of aromatic nitrogens is 2. The van der Waals surface area contributed by atoms with Gasteiger partial charge >= 0.3 is 11.7 Å². The lowest BCUT2D eigenvalue weighted by Crippen LogP contribution is -2.49. The van der Waals surface area contributed by atoms with Crippen molar-refractivity contribution in [2.45, 2.75) is 83.5 Å². The first-order valence-electron chi connectivity index (χ1n) is 11.1. The molecule has 180 valence electrons. The molecule has 2 N–H and O–H groups in total. The van der Waals surface area contributed by atoms with Crippen molar-refractivity contribution in [3.05, 3.63) is 44.8 Å². The molecule has 1 aliphatic rings. The van der Waals surface area contributed by atoms with Crippen LogP contribution in [0.5, 0.6) is 0 Å². The minimum Gasteiger partial charge on any atom is -0.463 e. The van der Waals surface area contributed by atoms with Gasteiger partial charge in [0.15, 0.2) is 14.5 Å². The summed E-state index contributed by atoms with van der Waals surface area (Å²) in [7, 11) is -2.23. The van der Waals surface area contributed by atoms with Gasteiger partial charge in [-0.05, 0) is 23.5 Å². The molecule has 2 rings (SSSR count). The molecule has 0 aliphatic carbocycles. The number of rotatable bonds is 9. The van der Waals surface area contributed by atoms with Crippen LogP contribution in [-0.2, 0) is 18.7 Å². The van der Waals surface area contributed by atoms with Gasteiger partial charge in [-0.3, -0.25) is 14.3 Å². The molecule has 0 spiro atoms. The molecule has 10 heteroatoms. The highest BCUT2D eigenvalue weighted by Gasteiger charge is 2.48.